The van der Waals surface area contributed by atoms with Crippen molar-refractivity contribution in [3.8, 4) is 0 Å². The van der Waals surface area contributed by atoms with E-state index in [0.29, 0.717) is 6.04 Å². The lowest BCUT2D eigenvalue weighted by molar-refractivity contribution is 0.387. The molecule has 3 aromatic rings. The topological polar surface area (TPSA) is 19.6 Å². The molecule has 1 aliphatic rings. The van der Waals surface area contributed by atoms with Crippen LogP contribution in [0, 0.1) is 13.6 Å². The Kier molecular flexibility index (Phi) is 2.89. The van der Waals surface area contributed by atoms with Crippen LogP contribution in [0.25, 0.3) is 21.9 Å². The van der Waals surface area contributed by atoms with Crippen molar-refractivity contribution >= 4 is 27.6 Å². The fourth-order valence-electron chi connectivity index (χ4n) is 2.91. The van der Waals surface area contributed by atoms with Crippen LogP contribution in [0.3, 0.4) is 0 Å². The molecule has 110 valence electrons. The second kappa shape index (κ2) is 4.80. The van der Waals surface area contributed by atoms with E-state index in [4.69, 9.17) is 4.42 Å². The van der Waals surface area contributed by atoms with Gasteiger partial charge >= 0.3 is 0 Å². The third-order valence-electron chi connectivity index (χ3n) is 4.12. The number of anilines is 1. The highest BCUT2D eigenvalue weighted by Gasteiger charge is 2.23. The summed E-state index contributed by atoms with van der Waals surface area (Å²) in [5.74, 6) is 0. The van der Waals surface area contributed by atoms with E-state index in [-0.39, 0.29) is 0 Å². The van der Waals surface area contributed by atoms with Crippen LogP contribution in [0.4, 0.5) is 5.69 Å². The molecule has 0 atom stereocenters. The molecular weight excluding hydrogens is 272 g/mol. The van der Waals surface area contributed by atoms with Gasteiger partial charge in [-0.2, -0.15) is 0 Å². The first kappa shape index (κ1) is 13.3. The summed E-state index contributed by atoms with van der Waals surface area (Å²) in [4.78, 5) is 4.10. The van der Waals surface area contributed by atoms with Gasteiger partial charge in [0.05, 0.1) is 5.69 Å². The summed E-state index contributed by atoms with van der Waals surface area (Å²) >= 11 is 0. The van der Waals surface area contributed by atoms with E-state index < -0.39 is 0 Å². The van der Waals surface area contributed by atoms with Crippen LogP contribution in [0.15, 0.2) is 53.2 Å². The molecule has 4 rings (SSSR count). The molecule has 0 fully saturated rings. The molecule has 0 spiro atoms. The second-order valence-electron chi connectivity index (χ2n) is 5.98. The van der Waals surface area contributed by atoms with Gasteiger partial charge in [-0.25, -0.2) is 0 Å². The quantitative estimate of drug-likeness (QED) is 0.670. The molecular formula is C19H18N2O. The van der Waals surface area contributed by atoms with Crippen molar-refractivity contribution in [1.29, 1.82) is 0 Å². The van der Waals surface area contributed by atoms with Gasteiger partial charge in [0.15, 0.2) is 5.58 Å². The van der Waals surface area contributed by atoms with Crippen molar-refractivity contribution < 1.29 is 4.42 Å². The highest BCUT2D eigenvalue weighted by atomic mass is 16.3. The molecule has 2 radical (unpaired) electrons. The Hall–Kier alpha value is -2.42. The summed E-state index contributed by atoms with van der Waals surface area (Å²) in [6, 6.07) is 12.8. The lowest BCUT2D eigenvalue weighted by Crippen LogP contribution is -2.25. The van der Waals surface area contributed by atoms with Crippen LogP contribution in [-0.4, -0.2) is 10.9 Å². The molecule has 1 aromatic heterocycles. The number of benzene rings is 2. The third-order valence-corrected chi connectivity index (χ3v) is 4.12. The van der Waals surface area contributed by atoms with Gasteiger partial charge in [0.1, 0.15) is 5.58 Å². The van der Waals surface area contributed by atoms with Gasteiger partial charge in [0, 0.05) is 29.2 Å². The number of aryl methyl sites for hydroxylation is 1. The molecule has 22 heavy (non-hydrogen) atoms. The number of furan rings is 1. The molecule has 3 nitrogen and oxygen atoms in total. The summed E-state index contributed by atoms with van der Waals surface area (Å²) in [6.45, 7) is 9.78. The smallest absolute Gasteiger partial charge is 0.213 e. The van der Waals surface area contributed by atoms with E-state index in [9.17, 15) is 0 Å². The molecule has 2 heterocycles. The minimum atomic E-state index is 0.386. The van der Waals surface area contributed by atoms with Crippen molar-refractivity contribution in [2.24, 2.45) is 0 Å². The van der Waals surface area contributed by atoms with E-state index in [1.54, 1.807) is 0 Å². The summed E-state index contributed by atoms with van der Waals surface area (Å²) < 4.78 is 6.14. The van der Waals surface area contributed by atoms with E-state index in [1.807, 2.05) is 35.5 Å². The molecule has 0 amide bonds. The molecule has 0 saturated heterocycles. The average Bonchev–Trinajstić information content (AvgIpc) is 3.11. The monoisotopic (exact) mass is 290 g/mol. The van der Waals surface area contributed by atoms with Crippen molar-refractivity contribution in [3.63, 3.8) is 0 Å². The lowest BCUT2D eigenvalue weighted by Gasteiger charge is -2.23. The van der Waals surface area contributed by atoms with Gasteiger partial charge in [-0.3, -0.25) is 0 Å². The molecule has 0 aliphatic carbocycles. The predicted octanol–water partition coefficient (Wildman–Crippen LogP) is 4.89. The number of para-hydroxylation sites is 1. The highest BCUT2D eigenvalue weighted by molar-refractivity contribution is 6.09. The van der Waals surface area contributed by atoms with Crippen molar-refractivity contribution in [3.05, 3.63) is 61.0 Å². The van der Waals surface area contributed by atoms with Crippen LogP contribution in [0.2, 0.25) is 0 Å². The van der Waals surface area contributed by atoms with Gasteiger partial charge in [0.2, 0.25) is 6.67 Å². The van der Waals surface area contributed by atoms with Gasteiger partial charge < -0.3 is 14.2 Å². The minimum Gasteiger partial charge on any atom is -0.454 e. The van der Waals surface area contributed by atoms with Crippen LogP contribution in [0.1, 0.15) is 19.4 Å². The van der Waals surface area contributed by atoms with Crippen LogP contribution in [-0.2, 0) is 0 Å². The summed E-state index contributed by atoms with van der Waals surface area (Å²) in [7, 11) is 0. The Morgan fingerprint density at radius 1 is 1.00 bits per heavy atom. The Morgan fingerprint density at radius 2 is 1.82 bits per heavy atom. The summed E-state index contributed by atoms with van der Waals surface area (Å²) in [5.41, 5.74) is 4.08. The molecule has 0 N–H and O–H groups in total. The summed E-state index contributed by atoms with van der Waals surface area (Å²) in [6.07, 6.45) is 4.08. The lowest BCUT2D eigenvalue weighted by atomic mass is 10.1. The fourth-order valence-corrected chi connectivity index (χ4v) is 2.91. The first-order chi connectivity index (χ1) is 10.6. The standard InChI is InChI=1S/C19H18N2O/c1-13(2)20-10-11-21(12-20)18-14(3)8-9-16-15-6-4-5-7-17(15)22-19(16)18/h4-11,13H,1-3H3. The van der Waals surface area contributed by atoms with Gasteiger partial charge in [-0.15, -0.1) is 0 Å². The van der Waals surface area contributed by atoms with Crippen molar-refractivity contribution in [2.45, 2.75) is 26.8 Å². The van der Waals surface area contributed by atoms with E-state index >= 15 is 0 Å². The zero-order chi connectivity index (χ0) is 15.3. The normalized spacial score (nSPS) is 14.9. The minimum absolute atomic E-state index is 0.386. The molecule has 1 aliphatic heterocycles. The third kappa shape index (κ3) is 1.89. The Bertz CT molecular complexity index is 876. The molecule has 0 bridgehead atoms. The number of rotatable bonds is 2. The first-order valence-electron chi connectivity index (χ1n) is 7.58. The summed E-state index contributed by atoms with van der Waals surface area (Å²) in [5, 5.41) is 2.30. The maximum absolute atomic E-state index is 6.14. The van der Waals surface area contributed by atoms with E-state index in [1.165, 1.54) is 5.56 Å². The fraction of sp³-hybridized carbons (Fsp3) is 0.211. The molecule has 2 aromatic carbocycles. The van der Waals surface area contributed by atoms with Crippen LogP contribution >= 0.6 is 0 Å². The van der Waals surface area contributed by atoms with Crippen LogP contribution < -0.4 is 4.90 Å². The van der Waals surface area contributed by atoms with Gasteiger partial charge in [0.25, 0.3) is 0 Å². The Labute approximate surface area is 130 Å². The van der Waals surface area contributed by atoms with Gasteiger partial charge in [-0.1, -0.05) is 30.3 Å². The molecule has 0 saturated carbocycles. The van der Waals surface area contributed by atoms with Crippen molar-refractivity contribution in [2.75, 3.05) is 4.90 Å². The molecule has 0 unspecified atom stereocenters. The number of nitrogens with zero attached hydrogens (tertiary/aromatic N) is 2. The Balaban J connectivity index is 1.90. The zero-order valence-corrected chi connectivity index (χ0v) is 13.0. The van der Waals surface area contributed by atoms with E-state index in [0.717, 1.165) is 27.6 Å². The van der Waals surface area contributed by atoms with Crippen LogP contribution in [0.5, 0.6) is 0 Å². The average molecular weight is 290 g/mol. The van der Waals surface area contributed by atoms with E-state index in [2.05, 4.69) is 50.5 Å². The molecule has 3 heteroatoms. The number of fused-ring (bicyclic) bond motifs is 3. The zero-order valence-electron chi connectivity index (χ0n) is 13.0. The maximum atomic E-state index is 6.14. The van der Waals surface area contributed by atoms with Crippen molar-refractivity contribution in [1.82, 2.24) is 4.90 Å². The second-order valence-corrected chi connectivity index (χ2v) is 5.98. The Morgan fingerprint density at radius 3 is 2.59 bits per heavy atom. The SMILES string of the molecule is Cc1ccc2c(oc3ccccc32)c1N1[C]N(C(C)C)C=C1. The maximum Gasteiger partial charge on any atom is 0.213 e. The predicted molar refractivity (Wildman–Crippen MR) is 90.3 cm³/mol. The largest absolute Gasteiger partial charge is 0.454 e. The number of hydrogen-bond donors (Lipinski definition) is 0. The number of hydrogen-bond acceptors (Lipinski definition) is 3. The first-order valence-corrected chi connectivity index (χ1v) is 7.58. The van der Waals surface area contributed by atoms with Gasteiger partial charge in [-0.05, 0) is 32.4 Å². The highest BCUT2D eigenvalue weighted by Crippen LogP contribution is 2.39.